The summed E-state index contributed by atoms with van der Waals surface area (Å²) < 4.78 is 5.05. The number of hydrogen-bond donors (Lipinski definition) is 0. The monoisotopic (exact) mass is 331 g/mol. The third-order valence-corrected chi connectivity index (χ3v) is 4.18. The lowest BCUT2D eigenvalue weighted by atomic mass is 10.2. The molecule has 0 unspecified atom stereocenters. The van der Waals surface area contributed by atoms with E-state index < -0.39 is 0 Å². The Hall–Kier alpha value is -1.17. The van der Waals surface area contributed by atoms with Crippen LogP contribution in [-0.4, -0.2) is 29.7 Å². The molecule has 0 N–H and O–H groups in total. The van der Waals surface area contributed by atoms with Gasteiger partial charge in [0.2, 0.25) is 0 Å². The standard InChI is InChI=1S/C13H11Cl2NO3S/c1-3-16-12(17)10(20-13(16)18)6-7-4-8(14)11(19-2)9(15)5-7/h4-6H,3H2,1-2H3/b10-6+. The molecular weight excluding hydrogens is 321 g/mol. The summed E-state index contributed by atoms with van der Waals surface area (Å²) in [6.07, 6.45) is 1.60. The maximum Gasteiger partial charge on any atom is 0.293 e. The van der Waals surface area contributed by atoms with Crippen molar-refractivity contribution in [2.24, 2.45) is 0 Å². The molecule has 1 saturated heterocycles. The van der Waals surface area contributed by atoms with Crippen molar-refractivity contribution in [1.82, 2.24) is 4.90 Å². The topological polar surface area (TPSA) is 46.6 Å². The number of hydrogen-bond acceptors (Lipinski definition) is 4. The largest absolute Gasteiger partial charge is 0.494 e. The zero-order valence-corrected chi connectivity index (χ0v) is 13.1. The van der Waals surface area contributed by atoms with Crippen LogP contribution in [-0.2, 0) is 4.79 Å². The average Bonchev–Trinajstić information content (AvgIpc) is 2.63. The Bertz CT molecular complexity index is 593. The van der Waals surface area contributed by atoms with Gasteiger partial charge in [0.1, 0.15) is 0 Å². The lowest BCUT2D eigenvalue weighted by Crippen LogP contribution is -2.27. The fourth-order valence-corrected chi connectivity index (χ4v) is 3.34. The van der Waals surface area contributed by atoms with E-state index in [2.05, 4.69) is 0 Å². The fraction of sp³-hybridized carbons (Fsp3) is 0.231. The number of thioether (sulfide) groups is 1. The molecule has 1 aliphatic rings. The molecule has 1 aromatic carbocycles. The smallest absolute Gasteiger partial charge is 0.293 e. The van der Waals surface area contributed by atoms with Crippen molar-refractivity contribution in [3.8, 4) is 5.75 Å². The number of halogens is 2. The average molecular weight is 332 g/mol. The van der Waals surface area contributed by atoms with Crippen LogP contribution in [0.5, 0.6) is 5.75 Å². The number of likely N-dealkylation sites (N-methyl/N-ethyl adjacent to an activating group) is 1. The zero-order valence-electron chi connectivity index (χ0n) is 10.8. The maximum absolute atomic E-state index is 12.0. The number of carbonyl (C=O) groups excluding carboxylic acids is 2. The zero-order chi connectivity index (χ0) is 14.9. The minimum Gasteiger partial charge on any atom is -0.494 e. The Kier molecular flexibility index (Phi) is 4.62. The molecule has 0 spiro atoms. The maximum atomic E-state index is 12.0. The van der Waals surface area contributed by atoms with Crippen LogP contribution >= 0.6 is 35.0 Å². The van der Waals surface area contributed by atoms with Crippen molar-refractivity contribution < 1.29 is 14.3 Å². The van der Waals surface area contributed by atoms with E-state index in [9.17, 15) is 9.59 Å². The first-order valence-electron chi connectivity index (χ1n) is 5.76. The Balaban J connectivity index is 2.37. The molecule has 4 nitrogen and oxygen atoms in total. The van der Waals surface area contributed by atoms with Gasteiger partial charge in [0, 0.05) is 6.54 Å². The van der Waals surface area contributed by atoms with Crippen LogP contribution in [0, 0.1) is 0 Å². The summed E-state index contributed by atoms with van der Waals surface area (Å²) in [5.74, 6) is 0.0812. The summed E-state index contributed by atoms with van der Waals surface area (Å²) in [4.78, 5) is 25.1. The van der Waals surface area contributed by atoms with Gasteiger partial charge in [0.15, 0.2) is 5.75 Å². The highest BCUT2D eigenvalue weighted by Gasteiger charge is 2.33. The molecule has 1 fully saturated rings. The summed E-state index contributed by atoms with van der Waals surface area (Å²) in [6, 6.07) is 3.26. The van der Waals surface area contributed by atoms with Crippen LogP contribution in [0.1, 0.15) is 12.5 Å². The molecule has 0 aliphatic carbocycles. The highest BCUT2D eigenvalue weighted by molar-refractivity contribution is 8.18. The van der Waals surface area contributed by atoms with Crippen molar-refractivity contribution in [2.75, 3.05) is 13.7 Å². The van der Waals surface area contributed by atoms with E-state index in [0.29, 0.717) is 32.8 Å². The summed E-state index contributed by atoms with van der Waals surface area (Å²) in [7, 11) is 1.47. The number of benzene rings is 1. The van der Waals surface area contributed by atoms with Gasteiger partial charge in [-0.15, -0.1) is 0 Å². The van der Waals surface area contributed by atoms with Crippen LogP contribution in [0.4, 0.5) is 4.79 Å². The predicted molar refractivity (Wildman–Crippen MR) is 81.4 cm³/mol. The molecule has 0 radical (unpaired) electrons. The highest BCUT2D eigenvalue weighted by atomic mass is 35.5. The first-order chi connectivity index (χ1) is 9.47. The van der Waals surface area contributed by atoms with E-state index >= 15 is 0 Å². The Morgan fingerprint density at radius 2 is 1.90 bits per heavy atom. The summed E-state index contributed by atoms with van der Waals surface area (Å²) in [5.41, 5.74) is 0.641. The normalized spacial score (nSPS) is 17.2. The minimum absolute atomic E-state index is 0.269. The second-order valence-electron chi connectivity index (χ2n) is 3.94. The first-order valence-corrected chi connectivity index (χ1v) is 7.33. The van der Waals surface area contributed by atoms with Crippen molar-refractivity contribution >= 4 is 52.2 Å². The predicted octanol–water partition coefficient (Wildman–Crippen LogP) is 4.06. The molecule has 0 bridgehead atoms. The third kappa shape index (κ3) is 2.80. The van der Waals surface area contributed by atoms with E-state index in [1.54, 1.807) is 25.1 Å². The van der Waals surface area contributed by atoms with E-state index in [0.717, 1.165) is 11.8 Å². The van der Waals surface area contributed by atoms with Gasteiger partial charge in [0.25, 0.3) is 11.1 Å². The molecule has 1 aliphatic heterocycles. The van der Waals surface area contributed by atoms with Gasteiger partial charge in [-0.1, -0.05) is 23.2 Å². The fourth-order valence-electron chi connectivity index (χ4n) is 1.78. The number of nitrogens with zero attached hydrogens (tertiary/aromatic N) is 1. The summed E-state index contributed by atoms with van der Waals surface area (Å²) >= 11 is 13.0. The Labute approximate surface area is 130 Å². The Morgan fingerprint density at radius 1 is 1.30 bits per heavy atom. The van der Waals surface area contributed by atoms with Crippen LogP contribution in [0.15, 0.2) is 17.0 Å². The number of rotatable bonds is 3. The third-order valence-electron chi connectivity index (χ3n) is 2.71. The molecule has 1 aromatic rings. The summed E-state index contributed by atoms with van der Waals surface area (Å²) in [6.45, 7) is 2.10. The van der Waals surface area contributed by atoms with Crippen LogP contribution in [0.3, 0.4) is 0 Å². The molecule has 0 atom stereocenters. The van der Waals surface area contributed by atoms with Gasteiger partial charge in [-0.2, -0.15) is 0 Å². The van der Waals surface area contributed by atoms with Crippen molar-refractivity contribution in [1.29, 1.82) is 0 Å². The molecule has 0 saturated carbocycles. The van der Waals surface area contributed by atoms with Gasteiger partial charge in [-0.25, -0.2) is 0 Å². The van der Waals surface area contributed by atoms with Crippen LogP contribution in [0.25, 0.3) is 6.08 Å². The van der Waals surface area contributed by atoms with E-state index in [-0.39, 0.29) is 11.1 Å². The molecule has 20 heavy (non-hydrogen) atoms. The molecular formula is C13H11Cl2NO3S. The molecule has 1 heterocycles. The molecule has 0 aromatic heterocycles. The Morgan fingerprint density at radius 3 is 2.35 bits per heavy atom. The van der Waals surface area contributed by atoms with Crippen molar-refractivity contribution in [3.63, 3.8) is 0 Å². The number of ether oxygens (including phenoxy) is 1. The van der Waals surface area contributed by atoms with Gasteiger partial charge in [-0.3, -0.25) is 14.5 Å². The molecule has 2 rings (SSSR count). The van der Waals surface area contributed by atoms with Gasteiger partial charge < -0.3 is 4.74 Å². The first kappa shape index (κ1) is 15.2. The summed E-state index contributed by atoms with van der Waals surface area (Å²) in [5, 5.41) is 0.427. The molecule has 2 amide bonds. The number of amides is 2. The van der Waals surface area contributed by atoms with Crippen molar-refractivity contribution in [3.05, 3.63) is 32.6 Å². The van der Waals surface area contributed by atoms with Gasteiger partial charge >= 0.3 is 0 Å². The van der Waals surface area contributed by atoms with Gasteiger partial charge in [0.05, 0.1) is 22.1 Å². The lowest BCUT2D eigenvalue weighted by molar-refractivity contribution is -0.122. The number of carbonyl (C=O) groups is 2. The number of imide groups is 1. The van der Waals surface area contributed by atoms with E-state index in [4.69, 9.17) is 27.9 Å². The second kappa shape index (κ2) is 6.08. The molecule has 7 heteroatoms. The van der Waals surface area contributed by atoms with E-state index in [1.165, 1.54) is 12.0 Å². The molecule has 106 valence electrons. The van der Waals surface area contributed by atoms with Gasteiger partial charge in [-0.05, 0) is 42.5 Å². The lowest BCUT2D eigenvalue weighted by Gasteiger charge is -2.08. The highest BCUT2D eigenvalue weighted by Crippen LogP contribution is 2.37. The minimum atomic E-state index is -0.300. The quantitative estimate of drug-likeness (QED) is 0.783. The van der Waals surface area contributed by atoms with Crippen LogP contribution in [0.2, 0.25) is 10.0 Å². The second-order valence-corrected chi connectivity index (χ2v) is 5.75. The van der Waals surface area contributed by atoms with Crippen molar-refractivity contribution in [2.45, 2.75) is 6.92 Å². The van der Waals surface area contributed by atoms with E-state index in [1.807, 2.05) is 0 Å². The SMILES string of the molecule is CCN1C(=O)S/C(=C/c2cc(Cl)c(OC)c(Cl)c2)C1=O. The number of methoxy groups -OCH3 is 1. The van der Waals surface area contributed by atoms with Crippen LogP contribution < -0.4 is 4.74 Å².